The van der Waals surface area contributed by atoms with Crippen molar-refractivity contribution in [3.05, 3.63) is 40.7 Å². The van der Waals surface area contributed by atoms with Crippen molar-refractivity contribution in [3.63, 3.8) is 0 Å². The zero-order valence-corrected chi connectivity index (χ0v) is 9.79. The summed E-state index contributed by atoms with van der Waals surface area (Å²) in [5, 5.41) is 7.99. The highest BCUT2D eigenvalue weighted by atomic mass is 35.5. The standard InChI is InChI=1S/C11H11ClFN3/c1-3-10-14-15-11(12)16(10)9-6-4-5-8(13)7(9)2/h4-6H,3H2,1-2H3. The fraction of sp³-hybridized carbons (Fsp3) is 0.273. The van der Waals surface area contributed by atoms with Crippen LogP contribution in [-0.4, -0.2) is 14.8 Å². The Kier molecular flexibility index (Phi) is 2.92. The first-order chi connectivity index (χ1) is 7.65. The predicted molar refractivity (Wildman–Crippen MR) is 60.4 cm³/mol. The molecule has 0 fully saturated rings. The van der Waals surface area contributed by atoms with E-state index in [1.807, 2.05) is 6.92 Å². The minimum atomic E-state index is -0.260. The van der Waals surface area contributed by atoms with Crippen LogP contribution in [0.5, 0.6) is 0 Å². The SMILES string of the molecule is CCc1nnc(Cl)n1-c1cccc(F)c1C. The van der Waals surface area contributed by atoms with Gasteiger partial charge in [-0.1, -0.05) is 13.0 Å². The summed E-state index contributed by atoms with van der Waals surface area (Å²) >= 11 is 5.95. The van der Waals surface area contributed by atoms with E-state index in [-0.39, 0.29) is 11.1 Å². The number of hydrogen-bond acceptors (Lipinski definition) is 2. The van der Waals surface area contributed by atoms with Crippen molar-refractivity contribution in [3.8, 4) is 5.69 Å². The van der Waals surface area contributed by atoms with Gasteiger partial charge in [0.15, 0.2) is 0 Å². The minimum absolute atomic E-state index is 0.255. The van der Waals surface area contributed by atoms with Gasteiger partial charge in [-0.25, -0.2) is 4.39 Å². The van der Waals surface area contributed by atoms with Gasteiger partial charge in [0.05, 0.1) is 5.69 Å². The number of benzene rings is 1. The quantitative estimate of drug-likeness (QED) is 0.807. The molecule has 84 valence electrons. The molecule has 0 aliphatic rings. The third-order valence-electron chi connectivity index (χ3n) is 2.49. The van der Waals surface area contributed by atoms with Crippen LogP contribution in [0.4, 0.5) is 4.39 Å². The van der Waals surface area contributed by atoms with E-state index >= 15 is 0 Å². The number of rotatable bonds is 2. The summed E-state index contributed by atoms with van der Waals surface area (Å²) < 4.78 is 15.1. The van der Waals surface area contributed by atoms with Gasteiger partial charge in [0, 0.05) is 12.0 Å². The van der Waals surface area contributed by atoms with Crippen LogP contribution in [-0.2, 0) is 6.42 Å². The second kappa shape index (κ2) is 4.22. The van der Waals surface area contributed by atoms with Crippen molar-refractivity contribution in [1.82, 2.24) is 14.8 Å². The normalized spacial score (nSPS) is 10.8. The van der Waals surface area contributed by atoms with Gasteiger partial charge in [-0.05, 0) is 30.7 Å². The van der Waals surface area contributed by atoms with Gasteiger partial charge < -0.3 is 0 Å². The predicted octanol–water partition coefficient (Wildman–Crippen LogP) is 2.93. The first kappa shape index (κ1) is 11.1. The molecular formula is C11H11ClFN3. The van der Waals surface area contributed by atoms with Gasteiger partial charge in [0.2, 0.25) is 5.28 Å². The van der Waals surface area contributed by atoms with Crippen LogP contribution in [0.2, 0.25) is 5.28 Å². The van der Waals surface area contributed by atoms with Crippen LogP contribution in [0.15, 0.2) is 18.2 Å². The summed E-state index contributed by atoms with van der Waals surface area (Å²) in [4.78, 5) is 0. The molecule has 0 N–H and O–H groups in total. The van der Waals surface area contributed by atoms with Crippen molar-refractivity contribution in [2.75, 3.05) is 0 Å². The van der Waals surface area contributed by atoms with E-state index in [2.05, 4.69) is 10.2 Å². The zero-order chi connectivity index (χ0) is 11.7. The third-order valence-corrected chi connectivity index (χ3v) is 2.73. The van der Waals surface area contributed by atoms with Gasteiger partial charge >= 0.3 is 0 Å². The van der Waals surface area contributed by atoms with E-state index < -0.39 is 0 Å². The Bertz CT molecular complexity index is 522. The van der Waals surface area contributed by atoms with Crippen LogP contribution in [0.1, 0.15) is 18.3 Å². The average Bonchev–Trinajstić information content (AvgIpc) is 2.64. The molecule has 0 aliphatic carbocycles. The molecule has 0 unspecified atom stereocenters. The van der Waals surface area contributed by atoms with Gasteiger partial charge in [-0.2, -0.15) is 0 Å². The first-order valence-electron chi connectivity index (χ1n) is 5.00. The Hall–Kier alpha value is -1.42. The van der Waals surface area contributed by atoms with E-state index in [9.17, 15) is 4.39 Å². The summed E-state index contributed by atoms with van der Waals surface area (Å²) in [7, 11) is 0. The lowest BCUT2D eigenvalue weighted by atomic mass is 10.2. The van der Waals surface area contributed by atoms with Crippen molar-refractivity contribution < 1.29 is 4.39 Å². The maximum Gasteiger partial charge on any atom is 0.229 e. The topological polar surface area (TPSA) is 30.7 Å². The molecule has 1 heterocycles. The molecule has 3 nitrogen and oxygen atoms in total. The zero-order valence-electron chi connectivity index (χ0n) is 9.04. The lowest BCUT2D eigenvalue weighted by molar-refractivity contribution is 0.616. The fourth-order valence-electron chi connectivity index (χ4n) is 1.60. The molecule has 0 amide bonds. The molecule has 1 aromatic heterocycles. The smallest absolute Gasteiger partial charge is 0.229 e. The maximum absolute atomic E-state index is 13.4. The van der Waals surface area contributed by atoms with E-state index in [1.165, 1.54) is 6.07 Å². The van der Waals surface area contributed by atoms with Crippen LogP contribution in [0, 0.1) is 12.7 Å². The first-order valence-corrected chi connectivity index (χ1v) is 5.38. The summed E-state index contributed by atoms with van der Waals surface area (Å²) in [6, 6.07) is 4.86. The number of aromatic nitrogens is 3. The lowest BCUT2D eigenvalue weighted by Gasteiger charge is -2.10. The highest BCUT2D eigenvalue weighted by Crippen LogP contribution is 2.22. The van der Waals surface area contributed by atoms with Crippen LogP contribution in [0.25, 0.3) is 5.69 Å². The monoisotopic (exact) mass is 239 g/mol. The van der Waals surface area contributed by atoms with E-state index in [0.717, 1.165) is 5.82 Å². The molecule has 0 aliphatic heterocycles. The molecule has 5 heteroatoms. The second-order valence-corrected chi connectivity index (χ2v) is 3.80. The van der Waals surface area contributed by atoms with Gasteiger partial charge in [-0.3, -0.25) is 4.57 Å². The highest BCUT2D eigenvalue weighted by Gasteiger charge is 2.13. The molecule has 0 saturated heterocycles. The van der Waals surface area contributed by atoms with Crippen LogP contribution < -0.4 is 0 Å². The van der Waals surface area contributed by atoms with Crippen molar-refractivity contribution in [2.24, 2.45) is 0 Å². The van der Waals surface area contributed by atoms with E-state index in [4.69, 9.17) is 11.6 Å². The maximum atomic E-state index is 13.4. The van der Waals surface area contributed by atoms with Gasteiger partial charge in [-0.15, -0.1) is 10.2 Å². The number of aryl methyl sites for hydroxylation is 1. The Balaban J connectivity index is 2.67. The van der Waals surface area contributed by atoms with Crippen molar-refractivity contribution in [2.45, 2.75) is 20.3 Å². The molecule has 16 heavy (non-hydrogen) atoms. The van der Waals surface area contributed by atoms with Crippen LogP contribution >= 0.6 is 11.6 Å². The lowest BCUT2D eigenvalue weighted by Crippen LogP contribution is -2.03. The minimum Gasteiger partial charge on any atom is -0.269 e. The number of nitrogens with zero attached hydrogens (tertiary/aromatic N) is 3. The molecule has 2 aromatic rings. The molecular weight excluding hydrogens is 229 g/mol. The molecule has 0 radical (unpaired) electrons. The largest absolute Gasteiger partial charge is 0.269 e. The Morgan fingerprint density at radius 1 is 1.38 bits per heavy atom. The molecule has 2 rings (SSSR count). The summed E-state index contributed by atoms with van der Waals surface area (Å²) in [6.45, 7) is 3.66. The van der Waals surface area contributed by atoms with Gasteiger partial charge in [0.25, 0.3) is 0 Å². The summed E-state index contributed by atoms with van der Waals surface area (Å²) in [5.74, 6) is 0.461. The third kappa shape index (κ3) is 1.69. The van der Waals surface area contributed by atoms with Crippen molar-refractivity contribution in [1.29, 1.82) is 0 Å². The molecule has 1 aromatic carbocycles. The fourth-order valence-corrected chi connectivity index (χ4v) is 1.83. The Labute approximate surface area is 97.9 Å². The van der Waals surface area contributed by atoms with Crippen molar-refractivity contribution >= 4 is 11.6 Å². The second-order valence-electron chi connectivity index (χ2n) is 3.46. The average molecular weight is 240 g/mol. The number of halogens is 2. The highest BCUT2D eigenvalue weighted by molar-refractivity contribution is 6.28. The Morgan fingerprint density at radius 2 is 2.12 bits per heavy atom. The Morgan fingerprint density at radius 3 is 2.81 bits per heavy atom. The summed E-state index contributed by atoms with van der Waals surface area (Å²) in [6.07, 6.45) is 0.690. The number of hydrogen-bond donors (Lipinski definition) is 0. The molecule has 0 saturated carbocycles. The molecule has 0 bridgehead atoms. The van der Waals surface area contributed by atoms with E-state index in [0.29, 0.717) is 17.7 Å². The molecule has 0 spiro atoms. The van der Waals surface area contributed by atoms with Gasteiger partial charge in [0.1, 0.15) is 11.6 Å². The molecule has 0 atom stereocenters. The van der Waals surface area contributed by atoms with E-state index in [1.54, 1.807) is 23.6 Å². The summed E-state index contributed by atoms with van der Waals surface area (Å²) in [5.41, 5.74) is 1.23. The van der Waals surface area contributed by atoms with Crippen LogP contribution in [0.3, 0.4) is 0 Å².